The summed E-state index contributed by atoms with van der Waals surface area (Å²) in [4.78, 5) is 30.3. The Bertz CT molecular complexity index is 1410. The predicted molar refractivity (Wildman–Crippen MR) is 125 cm³/mol. The molecule has 33 heavy (non-hydrogen) atoms. The van der Waals surface area contributed by atoms with Gasteiger partial charge in [0.15, 0.2) is 5.82 Å². The SMILES string of the molecule is CCCP(=O)(O)Nc1ccc(F)c(C(=O)c2c[nH]c3ncc(-c4ccc(Cl)cc4)cc23)c1F. The Hall–Kier alpha value is -3.06. The molecule has 170 valence electrons. The zero-order chi connectivity index (χ0) is 23.8. The molecule has 1 atom stereocenters. The number of hydrogen-bond acceptors (Lipinski definition) is 3. The molecule has 2 aromatic carbocycles. The number of H-pyrrole nitrogens is 1. The second kappa shape index (κ2) is 9.06. The number of pyridine rings is 1. The molecule has 0 bridgehead atoms. The standard InChI is InChI=1S/C23H19ClF2N3O3P/c1-2-9-33(31,32)29-19-8-7-18(25)20(21(19)26)22(30)17-12-28-23-16(17)10-14(11-27-23)13-3-5-15(24)6-4-13/h3-8,10-12H,2,9H2,1H3,(H,27,28)(H2,29,31,32). The normalized spacial score (nSPS) is 13.1. The van der Waals surface area contributed by atoms with Crippen molar-refractivity contribution in [3.8, 4) is 11.1 Å². The number of benzene rings is 2. The number of carbonyl (C=O) groups is 1. The fourth-order valence-corrected chi connectivity index (χ4v) is 4.91. The van der Waals surface area contributed by atoms with Crippen LogP contribution < -0.4 is 5.09 Å². The zero-order valence-electron chi connectivity index (χ0n) is 17.4. The number of carbonyl (C=O) groups excluding carboxylic acids is 1. The summed E-state index contributed by atoms with van der Waals surface area (Å²) >= 11 is 5.94. The van der Waals surface area contributed by atoms with Gasteiger partial charge in [0.1, 0.15) is 11.5 Å². The van der Waals surface area contributed by atoms with Crippen LogP contribution in [0.15, 0.2) is 54.9 Å². The van der Waals surface area contributed by atoms with E-state index in [1.165, 1.54) is 6.20 Å². The molecule has 0 aliphatic carbocycles. The van der Waals surface area contributed by atoms with E-state index in [1.807, 2.05) is 0 Å². The molecule has 6 nitrogen and oxygen atoms in total. The number of ketones is 1. The highest BCUT2D eigenvalue weighted by Gasteiger charge is 2.27. The van der Waals surface area contributed by atoms with Gasteiger partial charge >= 0.3 is 0 Å². The molecule has 0 fully saturated rings. The molecule has 0 aliphatic rings. The van der Waals surface area contributed by atoms with Gasteiger partial charge < -0.3 is 15.0 Å². The van der Waals surface area contributed by atoms with E-state index in [0.29, 0.717) is 28.0 Å². The third-order valence-electron chi connectivity index (χ3n) is 5.09. The molecule has 0 amide bonds. The lowest BCUT2D eigenvalue weighted by Crippen LogP contribution is -2.10. The molecule has 2 heterocycles. The van der Waals surface area contributed by atoms with Gasteiger partial charge in [0.2, 0.25) is 5.78 Å². The van der Waals surface area contributed by atoms with E-state index in [9.17, 15) is 18.6 Å². The minimum absolute atomic E-state index is 0.0176. The first-order valence-corrected chi connectivity index (χ1v) is 12.3. The van der Waals surface area contributed by atoms with Gasteiger partial charge in [-0.05, 0) is 42.3 Å². The first kappa shape index (κ1) is 23.1. The van der Waals surface area contributed by atoms with Crippen molar-refractivity contribution >= 4 is 41.6 Å². The van der Waals surface area contributed by atoms with E-state index in [2.05, 4.69) is 15.1 Å². The molecule has 0 aliphatic heterocycles. The number of fused-ring (bicyclic) bond motifs is 1. The van der Waals surface area contributed by atoms with E-state index < -0.39 is 36.2 Å². The molecule has 2 aromatic heterocycles. The Morgan fingerprint density at radius 3 is 2.61 bits per heavy atom. The van der Waals surface area contributed by atoms with Crippen molar-refractivity contribution in [1.29, 1.82) is 0 Å². The van der Waals surface area contributed by atoms with E-state index >= 15 is 4.39 Å². The van der Waals surface area contributed by atoms with Crippen LogP contribution in [0.2, 0.25) is 5.02 Å². The highest BCUT2D eigenvalue weighted by molar-refractivity contribution is 7.59. The molecule has 4 rings (SSSR count). The molecular weight excluding hydrogens is 471 g/mol. The molecule has 0 spiro atoms. The Morgan fingerprint density at radius 2 is 1.91 bits per heavy atom. The fraction of sp³-hybridized carbons (Fsp3) is 0.130. The molecule has 0 saturated heterocycles. The van der Waals surface area contributed by atoms with E-state index in [4.69, 9.17) is 11.6 Å². The quantitative estimate of drug-likeness (QED) is 0.206. The minimum Gasteiger partial charge on any atom is -0.345 e. The maximum absolute atomic E-state index is 15.1. The van der Waals surface area contributed by atoms with E-state index in [0.717, 1.165) is 17.7 Å². The van der Waals surface area contributed by atoms with Gasteiger partial charge in [0, 0.05) is 40.1 Å². The number of rotatable bonds is 7. The molecule has 4 aromatic rings. The van der Waals surface area contributed by atoms with Crippen molar-refractivity contribution in [3.05, 3.63) is 82.6 Å². The number of aromatic amines is 1. The average Bonchev–Trinajstić information content (AvgIpc) is 3.19. The van der Waals surface area contributed by atoms with Crippen molar-refractivity contribution in [2.24, 2.45) is 0 Å². The predicted octanol–water partition coefficient (Wildman–Crippen LogP) is 6.40. The second-order valence-electron chi connectivity index (χ2n) is 7.48. The highest BCUT2D eigenvalue weighted by atomic mass is 35.5. The summed E-state index contributed by atoms with van der Waals surface area (Å²) in [7, 11) is -3.90. The van der Waals surface area contributed by atoms with Crippen LogP contribution in [-0.4, -0.2) is 26.8 Å². The van der Waals surface area contributed by atoms with Crippen molar-refractivity contribution in [3.63, 3.8) is 0 Å². The van der Waals surface area contributed by atoms with Crippen molar-refractivity contribution in [1.82, 2.24) is 9.97 Å². The van der Waals surface area contributed by atoms with Crippen LogP contribution >= 0.6 is 19.1 Å². The minimum atomic E-state index is -3.90. The Morgan fingerprint density at radius 1 is 1.18 bits per heavy atom. The first-order chi connectivity index (χ1) is 15.7. The smallest absolute Gasteiger partial charge is 0.291 e. The Balaban J connectivity index is 1.77. The summed E-state index contributed by atoms with van der Waals surface area (Å²) < 4.78 is 41.9. The number of nitrogens with one attached hydrogen (secondary N) is 2. The summed E-state index contributed by atoms with van der Waals surface area (Å²) in [6.45, 7) is 1.70. The summed E-state index contributed by atoms with van der Waals surface area (Å²) in [6, 6.07) is 10.6. The van der Waals surface area contributed by atoms with Crippen molar-refractivity contribution < 1.29 is 23.0 Å². The molecule has 0 saturated carbocycles. The van der Waals surface area contributed by atoms with Crippen LogP contribution in [0.1, 0.15) is 29.3 Å². The maximum Gasteiger partial charge on any atom is 0.291 e. The second-order valence-corrected chi connectivity index (χ2v) is 9.99. The summed E-state index contributed by atoms with van der Waals surface area (Å²) in [5, 5.41) is 3.16. The summed E-state index contributed by atoms with van der Waals surface area (Å²) in [5.74, 6) is -3.23. The fourth-order valence-electron chi connectivity index (χ4n) is 3.52. The van der Waals surface area contributed by atoms with E-state index in [-0.39, 0.29) is 11.7 Å². The van der Waals surface area contributed by atoms with E-state index in [1.54, 1.807) is 43.5 Å². The van der Waals surface area contributed by atoms with Crippen LogP contribution in [0.3, 0.4) is 0 Å². The van der Waals surface area contributed by atoms with Gasteiger partial charge in [0.05, 0.1) is 11.3 Å². The Labute approximate surface area is 193 Å². The average molecular weight is 490 g/mol. The molecule has 0 radical (unpaired) electrons. The van der Waals surface area contributed by atoms with Crippen molar-refractivity contribution in [2.75, 3.05) is 11.2 Å². The number of aromatic nitrogens is 2. The number of anilines is 1. The van der Waals surface area contributed by atoms with Gasteiger partial charge in [-0.25, -0.2) is 13.8 Å². The molecule has 1 unspecified atom stereocenters. The highest BCUT2D eigenvalue weighted by Crippen LogP contribution is 2.42. The third kappa shape index (κ3) is 4.69. The molecular formula is C23H19ClF2N3O3P. The van der Waals surface area contributed by atoms with Crippen LogP contribution in [0.5, 0.6) is 0 Å². The Kier molecular flexibility index (Phi) is 6.34. The number of nitrogens with zero attached hydrogens (tertiary/aromatic N) is 1. The van der Waals surface area contributed by atoms with Crippen LogP contribution in [0, 0.1) is 11.6 Å². The lowest BCUT2D eigenvalue weighted by atomic mass is 10.00. The van der Waals surface area contributed by atoms with Gasteiger partial charge in [0.25, 0.3) is 7.52 Å². The van der Waals surface area contributed by atoms with Crippen LogP contribution in [-0.2, 0) is 4.57 Å². The summed E-state index contributed by atoms with van der Waals surface area (Å²) in [6.07, 6.45) is 3.22. The number of hydrogen-bond donors (Lipinski definition) is 3. The van der Waals surface area contributed by atoms with Gasteiger partial charge in [-0.3, -0.25) is 9.36 Å². The van der Waals surface area contributed by atoms with Crippen molar-refractivity contribution in [2.45, 2.75) is 13.3 Å². The van der Waals surface area contributed by atoms with Gasteiger partial charge in [-0.15, -0.1) is 0 Å². The van der Waals surface area contributed by atoms with Gasteiger partial charge in [-0.2, -0.15) is 0 Å². The lowest BCUT2D eigenvalue weighted by Gasteiger charge is -2.15. The van der Waals surface area contributed by atoms with Crippen LogP contribution in [0.4, 0.5) is 14.5 Å². The van der Waals surface area contributed by atoms with Crippen LogP contribution in [0.25, 0.3) is 22.2 Å². The zero-order valence-corrected chi connectivity index (χ0v) is 19.1. The molecule has 3 N–H and O–H groups in total. The van der Waals surface area contributed by atoms with Gasteiger partial charge in [-0.1, -0.05) is 30.7 Å². The lowest BCUT2D eigenvalue weighted by molar-refractivity contribution is 0.103. The maximum atomic E-state index is 15.1. The number of halogens is 3. The first-order valence-electron chi connectivity index (χ1n) is 10.1. The topological polar surface area (TPSA) is 95.1 Å². The summed E-state index contributed by atoms with van der Waals surface area (Å²) in [5.41, 5.74) is 0.627. The third-order valence-corrected chi connectivity index (χ3v) is 6.99. The monoisotopic (exact) mass is 489 g/mol. The molecule has 10 heteroatoms. The largest absolute Gasteiger partial charge is 0.345 e.